The molecule has 1 aliphatic rings. The van der Waals surface area contributed by atoms with Crippen molar-refractivity contribution >= 4 is 5.91 Å². The second kappa shape index (κ2) is 8.73. The first kappa shape index (κ1) is 20.2. The summed E-state index contributed by atoms with van der Waals surface area (Å²) in [5.41, 5.74) is 3.65. The van der Waals surface area contributed by atoms with Crippen LogP contribution >= 0.6 is 0 Å². The highest BCUT2D eigenvalue weighted by molar-refractivity contribution is 5.95. The van der Waals surface area contributed by atoms with E-state index in [0.717, 1.165) is 47.4 Å². The molecule has 0 radical (unpaired) electrons. The first-order valence-corrected chi connectivity index (χ1v) is 10.6. The summed E-state index contributed by atoms with van der Waals surface area (Å²) in [5, 5.41) is 11.7. The van der Waals surface area contributed by atoms with Crippen LogP contribution in [0.5, 0.6) is 5.75 Å². The van der Waals surface area contributed by atoms with Crippen molar-refractivity contribution in [3.8, 4) is 11.4 Å². The number of rotatable bonds is 6. The van der Waals surface area contributed by atoms with Crippen LogP contribution in [-0.2, 0) is 19.4 Å². The Morgan fingerprint density at radius 3 is 2.70 bits per heavy atom. The summed E-state index contributed by atoms with van der Waals surface area (Å²) in [4.78, 5) is 12.8. The maximum absolute atomic E-state index is 12.8. The lowest BCUT2D eigenvalue weighted by atomic mass is 10.2. The van der Waals surface area contributed by atoms with Crippen molar-refractivity contribution in [2.24, 2.45) is 0 Å². The molecule has 30 heavy (non-hydrogen) atoms. The van der Waals surface area contributed by atoms with Gasteiger partial charge in [-0.15, -0.1) is 10.2 Å². The molecule has 1 aromatic carbocycles. The third kappa shape index (κ3) is 3.97. The molecule has 3 heterocycles. The van der Waals surface area contributed by atoms with Gasteiger partial charge < -0.3 is 19.2 Å². The van der Waals surface area contributed by atoms with Gasteiger partial charge in [-0.25, -0.2) is 0 Å². The number of nitrogens with zero attached hydrogens (tertiary/aromatic N) is 4. The number of nitrogens with one attached hydrogen (secondary N) is 1. The molecule has 0 fully saturated rings. The van der Waals surface area contributed by atoms with Crippen LogP contribution in [0.4, 0.5) is 0 Å². The van der Waals surface area contributed by atoms with Gasteiger partial charge in [-0.05, 0) is 57.0 Å². The molecule has 0 saturated heterocycles. The second-order valence-corrected chi connectivity index (χ2v) is 7.82. The molecule has 3 aromatic rings. The molecule has 0 spiro atoms. The summed E-state index contributed by atoms with van der Waals surface area (Å²) in [6, 6.07) is 9.79. The first-order chi connectivity index (χ1) is 14.6. The number of benzene rings is 1. The largest absolute Gasteiger partial charge is 0.497 e. The number of ether oxygens (including phenoxy) is 1. The Kier molecular flexibility index (Phi) is 5.88. The molecule has 7 nitrogen and oxygen atoms in total. The lowest BCUT2D eigenvalue weighted by Gasteiger charge is -2.11. The molecule has 1 aliphatic heterocycles. The molecule has 7 heteroatoms. The van der Waals surface area contributed by atoms with Crippen LogP contribution in [0.15, 0.2) is 30.3 Å². The average Bonchev–Trinajstić information content (AvgIpc) is 3.17. The van der Waals surface area contributed by atoms with Gasteiger partial charge in [0.05, 0.1) is 12.7 Å². The van der Waals surface area contributed by atoms with Gasteiger partial charge in [-0.2, -0.15) is 0 Å². The van der Waals surface area contributed by atoms with Crippen molar-refractivity contribution in [3.63, 3.8) is 0 Å². The van der Waals surface area contributed by atoms with Crippen LogP contribution in [0.1, 0.15) is 52.7 Å². The number of carbonyl (C=O) groups is 1. The van der Waals surface area contributed by atoms with Gasteiger partial charge in [0.25, 0.3) is 5.91 Å². The number of fused-ring (bicyclic) bond motifs is 1. The zero-order chi connectivity index (χ0) is 21.1. The molecule has 2 aromatic heterocycles. The van der Waals surface area contributed by atoms with Crippen molar-refractivity contribution in [1.29, 1.82) is 0 Å². The summed E-state index contributed by atoms with van der Waals surface area (Å²) in [5.74, 6) is 2.80. The molecule has 0 bridgehead atoms. The highest BCUT2D eigenvalue weighted by Crippen LogP contribution is 2.23. The maximum Gasteiger partial charge on any atom is 0.253 e. The van der Waals surface area contributed by atoms with E-state index in [0.29, 0.717) is 18.5 Å². The van der Waals surface area contributed by atoms with E-state index in [1.807, 2.05) is 44.2 Å². The van der Waals surface area contributed by atoms with Crippen molar-refractivity contribution in [1.82, 2.24) is 24.6 Å². The molecule has 1 amide bonds. The molecule has 4 rings (SSSR count). The zero-order valence-corrected chi connectivity index (χ0v) is 17.9. The van der Waals surface area contributed by atoms with Crippen LogP contribution in [0.3, 0.4) is 0 Å². The predicted molar refractivity (Wildman–Crippen MR) is 115 cm³/mol. The summed E-state index contributed by atoms with van der Waals surface area (Å²) in [6.45, 7) is 5.52. The predicted octanol–water partition coefficient (Wildman–Crippen LogP) is 3.39. The van der Waals surface area contributed by atoms with Crippen molar-refractivity contribution in [3.05, 3.63) is 58.9 Å². The Hall–Kier alpha value is -3.09. The quantitative estimate of drug-likeness (QED) is 0.680. The molecular formula is C23H29N5O2. The Labute approximate surface area is 177 Å². The minimum absolute atomic E-state index is 0.0570. The SMILES string of the molecule is COc1ccc(-n2c(C)cc(C(=O)NCCc3nnc4n3CCCCC4)c2C)cc1. The minimum Gasteiger partial charge on any atom is -0.497 e. The van der Waals surface area contributed by atoms with Crippen LogP contribution in [0, 0.1) is 13.8 Å². The average molecular weight is 408 g/mol. The third-order valence-electron chi connectivity index (χ3n) is 5.83. The third-order valence-corrected chi connectivity index (χ3v) is 5.83. The molecule has 0 aliphatic carbocycles. The van der Waals surface area contributed by atoms with Crippen molar-refractivity contribution in [2.45, 2.75) is 52.5 Å². The number of carbonyl (C=O) groups excluding carboxylic acids is 1. The Morgan fingerprint density at radius 1 is 1.13 bits per heavy atom. The van der Waals surface area contributed by atoms with E-state index < -0.39 is 0 Å². The van der Waals surface area contributed by atoms with E-state index >= 15 is 0 Å². The topological polar surface area (TPSA) is 74.0 Å². The standard InChI is InChI=1S/C23H29N5O2/c1-16-15-20(17(2)28(16)18-8-10-19(30-3)11-9-18)23(29)24-13-12-22-26-25-21-7-5-4-6-14-27(21)22/h8-11,15H,4-7,12-14H2,1-3H3,(H,24,29). The minimum atomic E-state index is -0.0570. The molecular weight excluding hydrogens is 378 g/mol. The van der Waals surface area contributed by atoms with E-state index in [-0.39, 0.29) is 5.91 Å². The van der Waals surface area contributed by atoms with Gasteiger partial charge in [0.15, 0.2) is 0 Å². The number of amides is 1. The molecule has 0 atom stereocenters. The zero-order valence-electron chi connectivity index (χ0n) is 17.9. The fraction of sp³-hybridized carbons (Fsp3) is 0.435. The van der Waals surface area contributed by atoms with Gasteiger partial charge >= 0.3 is 0 Å². The fourth-order valence-electron chi connectivity index (χ4n) is 4.23. The van der Waals surface area contributed by atoms with Crippen molar-refractivity contribution < 1.29 is 9.53 Å². The van der Waals surface area contributed by atoms with Crippen molar-refractivity contribution in [2.75, 3.05) is 13.7 Å². The van der Waals surface area contributed by atoms with Crippen LogP contribution in [0.25, 0.3) is 5.69 Å². The van der Waals surface area contributed by atoms with Crippen LogP contribution < -0.4 is 10.1 Å². The van der Waals surface area contributed by atoms with Gasteiger partial charge in [0.1, 0.15) is 17.4 Å². The van der Waals surface area contributed by atoms with Gasteiger partial charge in [0.2, 0.25) is 0 Å². The van der Waals surface area contributed by atoms with Gasteiger partial charge in [-0.1, -0.05) is 6.42 Å². The van der Waals surface area contributed by atoms with Crippen LogP contribution in [0.2, 0.25) is 0 Å². The number of hydrogen-bond donors (Lipinski definition) is 1. The van der Waals surface area contributed by atoms with Crippen LogP contribution in [-0.4, -0.2) is 38.9 Å². The fourth-order valence-corrected chi connectivity index (χ4v) is 4.23. The van der Waals surface area contributed by atoms with E-state index in [1.165, 1.54) is 19.3 Å². The number of aryl methyl sites for hydroxylation is 2. The summed E-state index contributed by atoms with van der Waals surface area (Å²) in [6.07, 6.45) is 5.27. The monoisotopic (exact) mass is 407 g/mol. The molecule has 1 N–H and O–H groups in total. The number of hydrogen-bond acceptors (Lipinski definition) is 4. The first-order valence-electron chi connectivity index (χ1n) is 10.6. The summed E-state index contributed by atoms with van der Waals surface area (Å²) in [7, 11) is 1.65. The van der Waals surface area contributed by atoms with E-state index in [2.05, 4.69) is 24.6 Å². The normalized spacial score (nSPS) is 13.6. The number of methoxy groups -OCH3 is 1. The van der Waals surface area contributed by atoms with Gasteiger partial charge in [-0.3, -0.25) is 4.79 Å². The number of aromatic nitrogens is 4. The molecule has 0 unspecified atom stereocenters. The smallest absolute Gasteiger partial charge is 0.253 e. The highest BCUT2D eigenvalue weighted by atomic mass is 16.5. The molecule has 158 valence electrons. The van der Waals surface area contributed by atoms with E-state index in [9.17, 15) is 4.79 Å². The van der Waals surface area contributed by atoms with E-state index in [4.69, 9.17) is 4.74 Å². The lowest BCUT2D eigenvalue weighted by Crippen LogP contribution is -2.27. The Bertz CT molecular complexity index is 1030. The lowest BCUT2D eigenvalue weighted by molar-refractivity contribution is 0.0953. The Morgan fingerprint density at radius 2 is 1.93 bits per heavy atom. The maximum atomic E-state index is 12.8. The second-order valence-electron chi connectivity index (χ2n) is 7.82. The highest BCUT2D eigenvalue weighted by Gasteiger charge is 2.18. The van der Waals surface area contributed by atoms with Gasteiger partial charge in [0, 0.05) is 43.0 Å². The molecule has 0 saturated carbocycles. The Balaban J connectivity index is 1.43. The summed E-state index contributed by atoms with van der Waals surface area (Å²) < 4.78 is 9.56. The summed E-state index contributed by atoms with van der Waals surface area (Å²) >= 11 is 0. The van der Waals surface area contributed by atoms with E-state index in [1.54, 1.807) is 7.11 Å².